The quantitative estimate of drug-likeness (QED) is 0.191. The van der Waals surface area contributed by atoms with E-state index < -0.39 is 8.07 Å². The highest BCUT2D eigenvalue weighted by Crippen LogP contribution is 2.31. The Morgan fingerprint density at radius 3 is 1.46 bits per heavy atom. The third kappa shape index (κ3) is 5.63. The van der Waals surface area contributed by atoms with E-state index in [1.807, 2.05) is 0 Å². The predicted octanol–water partition coefficient (Wildman–Crippen LogP) is 8.51. The van der Waals surface area contributed by atoms with E-state index in [4.69, 9.17) is 0 Å². The van der Waals surface area contributed by atoms with E-state index in [1.54, 1.807) is 5.20 Å². The van der Waals surface area contributed by atoms with Crippen molar-refractivity contribution in [2.24, 2.45) is 0 Å². The van der Waals surface area contributed by atoms with Gasteiger partial charge < -0.3 is 0 Å². The second-order valence-corrected chi connectivity index (χ2v) is 15.7. The highest BCUT2D eigenvalue weighted by molar-refractivity contribution is 7.16. The van der Waals surface area contributed by atoms with Crippen LogP contribution in [0.25, 0.3) is 0 Å². The second kappa shape index (κ2) is 11.8. The van der Waals surface area contributed by atoms with Crippen LogP contribution in [0.4, 0.5) is 0 Å². The van der Waals surface area contributed by atoms with Crippen LogP contribution in [-0.2, 0) is 0 Å². The molecule has 37 heavy (non-hydrogen) atoms. The van der Waals surface area contributed by atoms with Gasteiger partial charge in [0, 0.05) is 0 Å². The van der Waals surface area contributed by atoms with Gasteiger partial charge in [0.05, 0.1) is 0 Å². The molecule has 0 bridgehead atoms. The maximum atomic E-state index is 2.61. The van der Waals surface area contributed by atoms with Gasteiger partial charge in [-0.15, -0.1) is 0 Å². The summed E-state index contributed by atoms with van der Waals surface area (Å²) in [7, 11) is -2.49. The molecular formula is C36H46Si. The zero-order valence-electron chi connectivity index (χ0n) is 24.1. The molecule has 0 heterocycles. The molecule has 0 radical (unpaired) electrons. The number of benzene rings is 3. The lowest BCUT2D eigenvalue weighted by Crippen LogP contribution is -2.68. The molecule has 1 heteroatoms. The Morgan fingerprint density at radius 2 is 1.08 bits per heavy atom. The Kier molecular flexibility index (Phi) is 8.75. The van der Waals surface area contributed by atoms with Crippen molar-refractivity contribution in [1.29, 1.82) is 0 Å². The standard InChI is InChI=1S/C36H46Si/c1-8-9-13-29-20-21-36(22-29)37(33-17-10-14-30(23-33)26(2)3,34-18-11-15-31(24-34)27(4)5)35-19-12-16-32(25-35)28(6)7/h10-12,14-20,22-28H,8-9,13,21H2,1-7H3. The third-order valence-electron chi connectivity index (χ3n) is 8.20. The topological polar surface area (TPSA) is 0 Å². The zero-order valence-corrected chi connectivity index (χ0v) is 25.1. The van der Waals surface area contributed by atoms with Crippen LogP contribution in [0, 0.1) is 0 Å². The van der Waals surface area contributed by atoms with Crippen molar-refractivity contribution in [2.75, 3.05) is 0 Å². The molecule has 0 saturated heterocycles. The highest BCUT2D eigenvalue weighted by atomic mass is 28.3. The van der Waals surface area contributed by atoms with Crippen molar-refractivity contribution in [1.82, 2.24) is 0 Å². The first-order valence-corrected chi connectivity index (χ1v) is 16.5. The first kappa shape index (κ1) is 27.4. The molecule has 0 aliphatic heterocycles. The Morgan fingerprint density at radius 1 is 0.649 bits per heavy atom. The summed E-state index contributed by atoms with van der Waals surface area (Å²) >= 11 is 0. The van der Waals surface area contributed by atoms with Gasteiger partial charge >= 0.3 is 0 Å². The van der Waals surface area contributed by atoms with Crippen LogP contribution in [0.3, 0.4) is 0 Å². The Labute approximate surface area is 227 Å². The number of hydrogen-bond acceptors (Lipinski definition) is 0. The lowest BCUT2D eigenvalue weighted by Gasteiger charge is -2.37. The lowest BCUT2D eigenvalue weighted by molar-refractivity contribution is 0.798. The zero-order chi connectivity index (χ0) is 26.6. The molecule has 194 valence electrons. The largest absolute Gasteiger partial charge is 0.175 e. The summed E-state index contributed by atoms with van der Waals surface area (Å²) in [6.07, 6.45) is 9.89. The SMILES string of the molecule is CCCCC1=CCC([Si](c2cccc(C(C)C)c2)(c2cccc(C(C)C)c2)c2cccc(C(C)C)c2)=C1. The van der Waals surface area contributed by atoms with E-state index in [9.17, 15) is 0 Å². The molecule has 0 aromatic heterocycles. The molecule has 1 aliphatic carbocycles. The van der Waals surface area contributed by atoms with Crippen LogP contribution in [-0.4, -0.2) is 8.07 Å². The van der Waals surface area contributed by atoms with Gasteiger partial charge in [-0.3, -0.25) is 0 Å². The van der Waals surface area contributed by atoms with E-state index >= 15 is 0 Å². The molecule has 3 aromatic carbocycles. The predicted molar refractivity (Wildman–Crippen MR) is 167 cm³/mol. The van der Waals surface area contributed by atoms with E-state index in [-0.39, 0.29) is 0 Å². The van der Waals surface area contributed by atoms with Crippen molar-refractivity contribution in [3.05, 3.63) is 112 Å². The van der Waals surface area contributed by atoms with Gasteiger partial charge in [0.1, 0.15) is 0 Å². The summed E-state index contributed by atoms with van der Waals surface area (Å²) in [6, 6.07) is 28.8. The van der Waals surface area contributed by atoms with Gasteiger partial charge in [0.2, 0.25) is 0 Å². The van der Waals surface area contributed by atoms with Crippen LogP contribution in [0.5, 0.6) is 0 Å². The van der Waals surface area contributed by atoms with Gasteiger partial charge in [-0.25, -0.2) is 0 Å². The van der Waals surface area contributed by atoms with Gasteiger partial charge in [-0.2, -0.15) is 0 Å². The van der Waals surface area contributed by atoms with E-state index in [1.165, 1.54) is 57.1 Å². The molecule has 0 fully saturated rings. The van der Waals surface area contributed by atoms with Crippen molar-refractivity contribution < 1.29 is 0 Å². The second-order valence-electron chi connectivity index (χ2n) is 11.8. The molecule has 3 aromatic rings. The van der Waals surface area contributed by atoms with Crippen LogP contribution >= 0.6 is 0 Å². The number of rotatable bonds is 10. The fraction of sp³-hybridized carbons (Fsp3) is 0.389. The van der Waals surface area contributed by atoms with Crippen molar-refractivity contribution >= 4 is 23.6 Å². The summed E-state index contributed by atoms with van der Waals surface area (Å²) in [5, 5.41) is 6.21. The fourth-order valence-electron chi connectivity index (χ4n) is 5.85. The van der Waals surface area contributed by atoms with Crippen LogP contribution < -0.4 is 15.6 Å². The molecule has 0 atom stereocenters. The lowest BCUT2D eigenvalue weighted by atomic mass is 10.0. The molecule has 0 N–H and O–H groups in total. The average molecular weight is 507 g/mol. The first-order valence-electron chi connectivity index (χ1n) is 14.5. The molecule has 0 saturated carbocycles. The minimum absolute atomic E-state index is 0.506. The molecule has 0 spiro atoms. The van der Waals surface area contributed by atoms with Crippen LogP contribution in [0.1, 0.15) is 109 Å². The maximum Gasteiger partial charge on any atom is 0.175 e. The first-order chi connectivity index (χ1) is 17.8. The molecule has 0 unspecified atom stereocenters. The molecule has 1 aliphatic rings. The number of allylic oxidation sites excluding steroid dienone is 4. The number of unbranched alkanes of at least 4 members (excludes halogenated alkanes) is 1. The minimum atomic E-state index is -2.49. The van der Waals surface area contributed by atoms with Gasteiger partial charge in [-0.05, 0) is 69.3 Å². The summed E-state index contributed by atoms with van der Waals surface area (Å²) < 4.78 is 0. The Balaban J connectivity index is 2.08. The van der Waals surface area contributed by atoms with Crippen LogP contribution in [0.15, 0.2) is 95.7 Å². The molecule has 0 amide bonds. The number of hydrogen-bond donors (Lipinski definition) is 0. The summed E-state index contributed by atoms with van der Waals surface area (Å²) in [6.45, 7) is 16.2. The molecule has 0 nitrogen and oxygen atoms in total. The summed E-state index contributed by atoms with van der Waals surface area (Å²) in [4.78, 5) is 0. The average Bonchev–Trinajstić information content (AvgIpc) is 3.37. The molecule has 4 rings (SSSR count). The highest BCUT2D eigenvalue weighted by Gasteiger charge is 2.44. The van der Waals surface area contributed by atoms with Crippen molar-refractivity contribution in [3.63, 3.8) is 0 Å². The van der Waals surface area contributed by atoms with Gasteiger partial charge in [0.15, 0.2) is 8.07 Å². The summed E-state index contributed by atoms with van der Waals surface area (Å²) in [5.74, 6) is 1.52. The van der Waals surface area contributed by atoms with Gasteiger partial charge in [-0.1, -0.05) is 151 Å². The van der Waals surface area contributed by atoms with E-state index in [0.717, 1.165) is 6.42 Å². The van der Waals surface area contributed by atoms with Crippen molar-refractivity contribution in [2.45, 2.75) is 91.9 Å². The van der Waals surface area contributed by atoms with Crippen LogP contribution in [0.2, 0.25) is 0 Å². The third-order valence-corrected chi connectivity index (χ3v) is 13.0. The monoisotopic (exact) mass is 506 g/mol. The van der Waals surface area contributed by atoms with Crippen molar-refractivity contribution in [3.8, 4) is 0 Å². The van der Waals surface area contributed by atoms with E-state index in [2.05, 4.69) is 133 Å². The summed E-state index contributed by atoms with van der Waals surface area (Å²) in [5.41, 5.74) is 5.85. The molecular weight excluding hydrogens is 460 g/mol. The minimum Gasteiger partial charge on any atom is -0.0776 e. The fourth-order valence-corrected chi connectivity index (χ4v) is 11.0. The Hall–Kier alpha value is -2.64. The Bertz CT molecular complexity index is 1150. The van der Waals surface area contributed by atoms with Gasteiger partial charge in [0.25, 0.3) is 0 Å². The van der Waals surface area contributed by atoms with E-state index in [0.29, 0.717) is 17.8 Å². The maximum absolute atomic E-state index is 2.61. The normalized spacial score (nSPS) is 14.0. The smallest absolute Gasteiger partial charge is 0.0776 e.